The van der Waals surface area contributed by atoms with Crippen LogP contribution >= 0.6 is 0 Å². The van der Waals surface area contributed by atoms with Crippen LogP contribution in [-0.4, -0.2) is 36.6 Å². The van der Waals surface area contributed by atoms with Gasteiger partial charge in [0.2, 0.25) is 5.91 Å². The molecule has 0 saturated carbocycles. The molecule has 0 aromatic carbocycles. The van der Waals surface area contributed by atoms with Crippen molar-refractivity contribution in [1.82, 2.24) is 10.6 Å². The summed E-state index contributed by atoms with van der Waals surface area (Å²) in [7, 11) is 0. The number of carbonyl (C=O) groups excluding carboxylic acids is 1. The van der Waals surface area contributed by atoms with Gasteiger partial charge >= 0.3 is 5.97 Å². The first-order valence-electron chi connectivity index (χ1n) is 5.84. The van der Waals surface area contributed by atoms with Crippen molar-refractivity contribution in [1.29, 1.82) is 0 Å². The third-order valence-electron chi connectivity index (χ3n) is 3.01. The van der Waals surface area contributed by atoms with Gasteiger partial charge in [-0.25, -0.2) is 0 Å². The Bertz CT molecular complexity index is 273. The molecule has 0 spiro atoms. The van der Waals surface area contributed by atoms with Gasteiger partial charge in [0.15, 0.2) is 0 Å². The van der Waals surface area contributed by atoms with E-state index in [4.69, 9.17) is 0 Å². The highest BCUT2D eigenvalue weighted by atomic mass is 16.4. The molecule has 0 aliphatic rings. The maximum absolute atomic E-state index is 11.4. The highest BCUT2D eigenvalue weighted by molar-refractivity contribution is 5.80. The van der Waals surface area contributed by atoms with Crippen LogP contribution in [0.4, 0.5) is 0 Å². The van der Waals surface area contributed by atoms with Gasteiger partial charge in [-0.3, -0.25) is 9.59 Å². The van der Waals surface area contributed by atoms with Crippen molar-refractivity contribution in [2.45, 2.75) is 26.7 Å². The van der Waals surface area contributed by atoms with Crippen LogP contribution in [0.3, 0.4) is 0 Å². The summed E-state index contributed by atoms with van der Waals surface area (Å²) < 4.78 is 0. The Labute approximate surface area is 102 Å². The van der Waals surface area contributed by atoms with Gasteiger partial charge in [-0.2, -0.15) is 0 Å². The lowest BCUT2D eigenvalue weighted by Gasteiger charge is -2.26. The van der Waals surface area contributed by atoms with Gasteiger partial charge in [0.05, 0.1) is 12.0 Å². The van der Waals surface area contributed by atoms with Crippen molar-refractivity contribution in [2.75, 3.05) is 19.6 Å². The fourth-order valence-electron chi connectivity index (χ4n) is 1.50. The van der Waals surface area contributed by atoms with E-state index in [1.54, 1.807) is 6.08 Å². The van der Waals surface area contributed by atoms with Gasteiger partial charge in [0.25, 0.3) is 0 Å². The Morgan fingerprint density at radius 3 is 2.35 bits per heavy atom. The van der Waals surface area contributed by atoms with Crippen molar-refractivity contribution < 1.29 is 14.7 Å². The predicted molar refractivity (Wildman–Crippen MR) is 66.7 cm³/mol. The predicted octanol–water partition coefficient (Wildman–Crippen LogP) is 0.769. The highest BCUT2D eigenvalue weighted by Crippen LogP contribution is 2.25. The van der Waals surface area contributed by atoms with E-state index in [2.05, 4.69) is 17.2 Å². The second-order valence-electron chi connectivity index (χ2n) is 3.99. The molecule has 0 fully saturated rings. The van der Waals surface area contributed by atoms with E-state index in [1.807, 2.05) is 13.8 Å². The molecule has 0 unspecified atom stereocenters. The number of carboxylic acids is 1. The second kappa shape index (κ2) is 7.84. The summed E-state index contributed by atoms with van der Waals surface area (Å²) in [5.41, 5.74) is -0.853. The smallest absolute Gasteiger partial charge is 0.311 e. The van der Waals surface area contributed by atoms with Gasteiger partial charge in [-0.1, -0.05) is 19.9 Å². The molecule has 0 saturated heterocycles. The Hall–Kier alpha value is -1.36. The molecule has 0 aliphatic carbocycles. The summed E-state index contributed by atoms with van der Waals surface area (Å²) in [6.45, 7) is 8.06. The monoisotopic (exact) mass is 242 g/mol. The molecule has 98 valence electrons. The summed E-state index contributed by atoms with van der Waals surface area (Å²) in [6.07, 6.45) is 2.66. The van der Waals surface area contributed by atoms with Gasteiger partial charge in [0, 0.05) is 13.1 Å². The highest BCUT2D eigenvalue weighted by Gasteiger charge is 2.34. The van der Waals surface area contributed by atoms with E-state index in [9.17, 15) is 14.7 Å². The molecule has 0 atom stereocenters. The summed E-state index contributed by atoms with van der Waals surface area (Å²) in [6, 6.07) is 0. The number of nitrogens with one attached hydrogen (secondary N) is 2. The van der Waals surface area contributed by atoms with Crippen LogP contribution in [0.5, 0.6) is 0 Å². The lowest BCUT2D eigenvalue weighted by molar-refractivity contribution is -0.149. The number of carboxylic acid groups (broad SMARTS) is 1. The molecule has 0 radical (unpaired) electrons. The normalized spacial score (nSPS) is 10.9. The molecule has 0 aromatic heterocycles. The number of hydrogen-bond donors (Lipinski definition) is 3. The first kappa shape index (κ1) is 15.6. The minimum absolute atomic E-state index is 0.171. The zero-order valence-electron chi connectivity index (χ0n) is 10.6. The number of amides is 1. The third kappa shape index (κ3) is 4.99. The standard InChI is InChI=1S/C12H22N2O3/c1-4-7-13-8-10(15)14-9-12(5-2,6-3)11(16)17/h4,13H,1,5-9H2,2-3H3,(H,14,15)(H,16,17). The van der Waals surface area contributed by atoms with Crippen molar-refractivity contribution >= 4 is 11.9 Å². The summed E-state index contributed by atoms with van der Waals surface area (Å²) >= 11 is 0. The first-order valence-corrected chi connectivity index (χ1v) is 5.84. The molecule has 0 aromatic rings. The van der Waals surface area contributed by atoms with Crippen LogP contribution in [-0.2, 0) is 9.59 Å². The SMILES string of the molecule is C=CCNCC(=O)NCC(CC)(CC)C(=O)O. The first-order chi connectivity index (χ1) is 8.02. The zero-order valence-corrected chi connectivity index (χ0v) is 10.6. The number of aliphatic carboxylic acids is 1. The Morgan fingerprint density at radius 2 is 1.94 bits per heavy atom. The average Bonchev–Trinajstić information content (AvgIpc) is 2.31. The lowest BCUT2D eigenvalue weighted by atomic mass is 9.82. The molecule has 5 nitrogen and oxygen atoms in total. The molecule has 0 aliphatic heterocycles. The number of rotatable bonds is 9. The average molecular weight is 242 g/mol. The van der Waals surface area contributed by atoms with Gasteiger partial charge in [-0.05, 0) is 12.8 Å². The molecule has 0 bridgehead atoms. The minimum atomic E-state index is -0.859. The van der Waals surface area contributed by atoms with E-state index in [1.165, 1.54) is 0 Å². The molecular weight excluding hydrogens is 220 g/mol. The molecular formula is C12H22N2O3. The maximum Gasteiger partial charge on any atom is 0.311 e. The Kier molecular flexibility index (Phi) is 7.21. The van der Waals surface area contributed by atoms with Crippen LogP contribution < -0.4 is 10.6 Å². The molecule has 1 amide bonds. The van der Waals surface area contributed by atoms with Gasteiger partial charge in [-0.15, -0.1) is 6.58 Å². The van der Waals surface area contributed by atoms with Crippen LogP contribution in [0.25, 0.3) is 0 Å². The van der Waals surface area contributed by atoms with Crippen LogP contribution in [0.2, 0.25) is 0 Å². The van der Waals surface area contributed by atoms with Crippen molar-refractivity contribution in [3.8, 4) is 0 Å². The zero-order chi connectivity index (χ0) is 13.3. The van der Waals surface area contributed by atoms with E-state index in [-0.39, 0.29) is 19.0 Å². The fourth-order valence-corrected chi connectivity index (χ4v) is 1.50. The van der Waals surface area contributed by atoms with E-state index in [0.29, 0.717) is 19.4 Å². The Balaban J connectivity index is 4.17. The maximum atomic E-state index is 11.4. The lowest BCUT2D eigenvalue weighted by Crippen LogP contribution is -2.44. The van der Waals surface area contributed by atoms with Crippen LogP contribution in [0.1, 0.15) is 26.7 Å². The quantitative estimate of drug-likeness (QED) is 0.412. The Morgan fingerprint density at radius 1 is 1.35 bits per heavy atom. The van der Waals surface area contributed by atoms with E-state index < -0.39 is 11.4 Å². The molecule has 5 heteroatoms. The second-order valence-corrected chi connectivity index (χ2v) is 3.99. The molecule has 17 heavy (non-hydrogen) atoms. The molecule has 0 rings (SSSR count). The largest absolute Gasteiger partial charge is 0.481 e. The summed E-state index contributed by atoms with van der Waals surface area (Å²) in [4.78, 5) is 22.6. The van der Waals surface area contributed by atoms with Crippen molar-refractivity contribution in [3.05, 3.63) is 12.7 Å². The fraction of sp³-hybridized carbons (Fsp3) is 0.667. The van der Waals surface area contributed by atoms with Crippen molar-refractivity contribution in [2.24, 2.45) is 5.41 Å². The van der Waals surface area contributed by atoms with E-state index in [0.717, 1.165) is 0 Å². The summed E-state index contributed by atoms with van der Waals surface area (Å²) in [5.74, 6) is -1.05. The number of carbonyl (C=O) groups is 2. The molecule has 3 N–H and O–H groups in total. The van der Waals surface area contributed by atoms with Gasteiger partial charge < -0.3 is 15.7 Å². The summed E-state index contributed by atoms with van der Waals surface area (Å²) in [5, 5.41) is 14.7. The van der Waals surface area contributed by atoms with E-state index >= 15 is 0 Å². The molecule has 0 heterocycles. The van der Waals surface area contributed by atoms with Crippen LogP contribution in [0.15, 0.2) is 12.7 Å². The van der Waals surface area contributed by atoms with Crippen LogP contribution in [0, 0.1) is 5.41 Å². The minimum Gasteiger partial charge on any atom is -0.481 e. The van der Waals surface area contributed by atoms with Gasteiger partial charge in [0.1, 0.15) is 0 Å². The number of hydrogen-bond acceptors (Lipinski definition) is 3. The van der Waals surface area contributed by atoms with Crippen molar-refractivity contribution in [3.63, 3.8) is 0 Å². The third-order valence-corrected chi connectivity index (χ3v) is 3.01. The topological polar surface area (TPSA) is 78.4 Å².